The quantitative estimate of drug-likeness (QED) is 0.774. The van der Waals surface area contributed by atoms with E-state index in [9.17, 15) is 9.59 Å². The van der Waals surface area contributed by atoms with Crippen molar-refractivity contribution in [2.45, 2.75) is 57.7 Å². The molecule has 1 aliphatic heterocycles. The molecule has 1 aromatic heterocycles. The average Bonchev–Trinajstić information content (AvgIpc) is 2.72. The maximum Gasteiger partial charge on any atom is 0.321 e. The fourth-order valence-electron chi connectivity index (χ4n) is 2.38. The number of fused-ring (bicyclic) bond motifs is 1. The van der Waals surface area contributed by atoms with Crippen molar-refractivity contribution in [1.82, 2.24) is 25.4 Å². The second-order valence-corrected chi connectivity index (χ2v) is 7.08. The lowest BCUT2D eigenvalue weighted by Gasteiger charge is -2.08. The Morgan fingerprint density at radius 2 is 2.09 bits per heavy atom. The van der Waals surface area contributed by atoms with Gasteiger partial charge in [-0.3, -0.25) is 10.1 Å². The second-order valence-electron chi connectivity index (χ2n) is 6.14. The number of thioether (sulfide) groups is 1. The van der Waals surface area contributed by atoms with E-state index in [-0.39, 0.29) is 11.7 Å². The van der Waals surface area contributed by atoms with Gasteiger partial charge in [0.1, 0.15) is 5.82 Å². The van der Waals surface area contributed by atoms with Crippen LogP contribution in [0.25, 0.3) is 0 Å². The van der Waals surface area contributed by atoms with Crippen molar-refractivity contribution < 1.29 is 9.59 Å². The Labute approximate surface area is 141 Å². The molecule has 0 fully saturated rings. The summed E-state index contributed by atoms with van der Waals surface area (Å²) in [5, 5.41) is 14.1. The maximum atomic E-state index is 11.8. The predicted molar refractivity (Wildman–Crippen MR) is 89.3 cm³/mol. The van der Waals surface area contributed by atoms with Crippen LogP contribution in [0.5, 0.6) is 0 Å². The zero-order chi connectivity index (χ0) is 16.7. The van der Waals surface area contributed by atoms with Crippen LogP contribution in [-0.4, -0.2) is 39.0 Å². The smallest absolute Gasteiger partial charge is 0.321 e. The molecule has 0 aliphatic carbocycles. The molecule has 0 saturated carbocycles. The second kappa shape index (κ2) is 8.90. The predicted octanol–water partition coefficient (Wildman–Crippen LogP) is 1.97. The van der Waals surface area contributed by atoms with Crippen LogP contribution >= 0.6 is 11.8 Å². The first kappa shape index (κ1) is 17.8. The van der Waals surface area contributed by atoms with E-state index >= 15 is 0 Å². The molecule has 2 N–H and O–H groups in total. The molecule has 0 radical (unpaired) electrons. The molecule has 7 nitrogen and oxygen atoms in total. The summed E-state index contributed by atoms with van der Waals surface area (Å²) >= 11 is 1.33. The molecule has 0 unspecified atom stereocenters. The molecule has 0 spiro atoms. The number of rotatable bonds is 6. The highest BCUT2D eigenvalue weighted by Crippen LogP contribution is 2.21. The highest BCUT2D eigenvalue weighted by molar-refractivity contribution is 7.99. The highest BCUT2D eigenvalue weighted by atomic mass is 32.2. The number of aryl methyl sites for hydroxylation is 1. The van der Waals surface area contributed by atoms with Gasteiger partial charge in [-0.2, -0.15) is 0 Å². The molecule has 1 aromatic rings. The van der Waals surface area contributed by atoms with Gasteiger partial charge in [-0.15, -0.1) is 10.2 Å². The first-order chi connectivity index (χ1) is 11.1. The van der Waals surface area contributed by atoms with Crippen LogP contribution in [0.1, 0.15) is 45.4 Å². The van der Waals surface area contributed by atoms with E-state index in [0.29, 0.717) is 12.5 Å². The standard InChI is InChI=1S/C15H25N5O2S/c1-11(2)7-8-16-14(22)17-13(21)10-23-15-19-18-12-6-4-3-5-9-20(12)15/h11H,3-10H2,1-2H3,(H2,16,17,21,22). The van der Waals surface area contributed by atoms with Crippen LogP contribution < -0.4 is 10.6 Å². The number of urea groups is 1. The van der Waals surface area contributed by atoms with E-state index < -0.39 is 6.03 Å². The lowest BCUT2D eigenvalue weighted by Crippen LogP contribution is -2.40. The van der Waals surface area contributed by atoms with Crippen molar-refractivity contribution >= 4 is 23.7 Å². The van der Waals surface area contributed by atoms with E-state index in [1.54, 1.807) is 0 Å². The van der Waals surface area contributed by atoms with Crippen molar-refractivity contribution in [2.75, 3.05) is 12.3 Å². The maximum absolute atomic E-state index is 11.8. The normalized spacial score (nSPS) is 14.2. The number of hydrogen-bond donors (Lipinski definition) is 2. The molecule has 2 heterocycles. The number of amides is 3. The zero-order valence-corrected chi connectivity index (χ0v) is 14.6. The van der Waals surface area contributed by atoms with Crippen LogP contribution in [-0.2, 0) is 17.8 Å². The Hall–Kier alpha value is -1.57. The molecule has 2 rings (SSSR count). The monoisotopic (exact) mass is 339 g/mol. The van der Waals surface area contributed by atoms with Gasteiger partial charge >= 0.3 is 6.03 Å². The number of carbonyl (C=O) groups excluding carboxylic acids is 2. The Morgan fingerprint density at radius 1 is 1.26 bits per heavy atom. The third kappa shape index (κ3) is 5.85. The topological polar surface area (TPSA) is 88.9 Å². The summed E-state index contributed by atoms with van der Waals surface area (Å²) in [5.41, 5.74) is 0. The fraction of sp³-hybridized carbons (Fsp3) is 0.733. The number of aromatic nitrogens is 3. The van der Waals surface area contributed by atoms with Crippen LogP contribution in [0.3, 0.4) is 0 Å². The molecule has 128 valence electrons. The fourth-order valence-corrected chi connectivity index (χ4v) is 3.16. The summed E-state index contributed by atoms with van der Waals surface area (Å²) in [6.07, 6.45) is 5.29. The summed E-state index contributed by atoms with van der Waals surface area (Å²) in [4.78, 5) is 23.4. The lowest BCUT2D eigenvalue weighted by atomic mass is 10.1. The van der Waals surface area contributed by atoms with Crippen LogP contribution in [0.15, 0.2) is 5.16 Å². The van der Waals surface area contributed by atoms with Crippen LogP contribution in [0.4, 0.5) is 4.79 Å². The molecule has 0 aromatic carbocycles. The van der Waals surface area contributed by atoms with Crippen LogP contribution in [0.2, 0.25) is 0 Å². The minimum absolute atomic E-state index is 0.162. The molecule has 3 amide bonds. The summed E-state index contributed by atoms with van der Waals surface area (Å²) in [5.74, 6) is 1.36. The number of imide groups is 1. The van der Waals surface area contributed by atoms with E-state index in [2.05, 4.69) is 39.2 Å². The minimum atomic E-state index is -0.434. The third-order valence-electron chi connectivity index (χ3n) is 3.67. The summed E-state index contributed by atoms with van der Waals surface area (Å²) in [6, 6.07) is -0.434. The molecule has 0 saturated heterocycles. The number of nitrogens with zero attached hydrogens (tertiary/aromatic N) is 3. The van der Waals surface area contributed by atoms with Gasteiger partial charge < -0.3 is 9.88 Å². The van der Waals surface area contributed by atoms with E-state index in [1.165, 1.54) is 18.2 Å². The first-order valence-corrected chi connectivity index (χ1v) is 9.17. The van der Waals surface area contributed by atoms with Gasteiger partial charge in [-0.1, -0.05) is 32.0 Å². The Balaban J connectivity index is 1.74. The van der Waals surface area contributed by atoms with Gasteiger partial charge in [0.2, 0.25) is 5.91 Å². The van der Waals surface area contributed by atoms with E-state index in [1.807, 2.05) is 0 Å². The SMILES string of the molecule is CC(C)CCNC(=O)NC(=O)CSc1nnc2n1CCCCC2. The van der Waals surface area contributed by atoms with Crippen molar-refractivity contribution in [1.29, 1.82) is 0 Å². The van der Waals surface area contributed by atoms with E-state index in [4.69, 9.17) is 0 Å². The van der Waals surface area contributed by atoms with Gasteiger partial charge in [0.15, 0.2) is 5.16 Å². The van der Waals surface area contributed by atoms with Gasteiger partial charge in [0.25, 0.3) is 0 Å². The Kier molecular flexibility index (Phi) is 6.88. The van der Waals surface area contributed by atoms with Gasteiger partial charge in [0, 0.05) is 19.5 Å². The molecular formula is C15H25N5O2S. The number of hydrogen-bond acceptors (Lipinski definition) is 5. The zero-order valence-electron chi connectivity index (χ0n) is 13.8. The van der Waals surface area contributed by atoms with Crippen molar-refractivity contribution in [3.8, 4) is 0 Å². The number of nitrogens with one attached hydrogen (secondary N) is 2. The van der Waals surface area contributed by atoms with E-state index in [0.717, 1.165) is 43.2 Å². The van der Waals surface area contributed by atoms with Crippen molar-refractivity contribution in [2.24, 2.45) is 5.92 Å². The van der Waals surface area contributed by atoms with Gasteiger partial charge in [-0.05, 0) is 25.2 Å². The summed E-state index contributed by atoms with van der Waals surface area (Å²) in [7, 11) is 0. The lowest BCUT2D eigenvalue weighted by molar-refractivity contribution is -0.117. The third-order valence-corrected chi connectivity index (χ3v) is 4.63. The van der Waals surface area contributed by atoms with Crippen molar-refractivity contribution in [3.63, 3.8) is 0 Å². The molecule has 0 atom stereocenters. The minimum Gasteiger partial charge on any atom is -0.338 e. The summed E-state index contributed by atoms with van der Waals surface area (Å²) < 4.78 is 2.09. The van der Waals surface area contributed by atoms with Gasteiger partial charge in [-0.25, -0.2) is 4.79 Å². The van der Waals surface area contributed by atoms with Crippen LogP contribution in [0, 0.1) is 5.92 Å². The molecule has 8 heteroatoms. The molecule has 0 bridgehead atoms. The highest BCUT2D eigenvalue weighted by Gasteiger charge is 2.16. The number of carbonyl (C=O) groups is 2. The largest absolute Gasteiger partial charge is 0.338 e. The van der Waals surface area contributed by atoms with Crippen molar-refractivity contribution in [3.05, 3.63) is 5.82 Å². The molecule has 23 heavy (non-hydrogen) atoms. The summed E-state index contributed by atoms with van der Waals surface area (Å²) in [6.45, 7) is 5.65. The Bertz CT molecular complexity index is 544. The molecule has 1 aliphatic rings. The first-order valence-electron chi connectivity index (χ1n) is 8.19. The van der Waals surface area contributed by atoms with Gasteiger partial charge in [0.05, 0.1) is 5.75 Å². The Morgan fingerprint density at radius 3 is 2.87 bits per heavy atom. The average molecular weight is 339 g/mol. The molecular weight excluding hydrogens is 314 g/mol.